The maximum Gasteiger partial charge on any atom is 0.172 e. The van der Waals surface area contributed by atoms with Crippen LogP contribution in [0.3, 0.4) is 0 Å². The smallest absolute Gasteiger partial charge is 0.172 e. The molecule has 0 saturated heterocycles. The highest BCUT2D eigenvalue weighted by atomic mass is 79.9. The zero-order valence-corrected chi connectivity index (χ0v) is 18.2. The van der Waals surface area contributed by atoms with Gasteiger partial charge in [-0.1, -0.05) is 23.7 Å². The molecule has 0 unspecified atom stereocenters. The molecule has 0 saturated carbocycles. The van der Waals surface area contributed by atoms with Crippen LogP contribution in [0.25, 0.3) is 0 Å². The van der Waals surface area contributed by atoms with Crippen LogP contribution in [-0.2, 0) is 19.6 Å². The molecule has 2 heterocycles. The lowest BCUT2D eigenvalue weighted by atomic mass is 10.2. The van der Waals surface area contributed by atoms with E-state index in [2.05, 4.69) is 43.7 Å². The van der Waals surface area contributed by atoms with Crippen LogP contribution in [0, 0.1) is 6.92 Å². The van der Waals surface area contributed by atoms with Crippen LogP contribution >= 0.6 is 39.7 Å². The first kappa shape index (κ1) is 19.9. The summed E-state index contributed by atoms with van der Waals surface area (Å²) in [7, 11) is 0. The lowest BCUT2D eigenvalue weighted by molar-refractivity contribution is 0.653. The van der Waals surface area contributed by atoms with Crippen molar-refractivity contribution in [3.63, 3.8) is 0 Å². The molecule has 0 bridgehead atoms. The van der Waals surface area contributed by atoms with E-state index in [0.717, 1.165) is 32.9 Å². The zero-order chi connectivity index (χ0) is 19.4. The molecule has 2 N–H and O–H groups in total. The van der Waals surface area contributed by atoms with Gasteiger partial charge in [0.1, 0.15) is 0 Å². The predicted octanol–water partition coefficient (Wildman–Crippen LogP) is 4.36. The molecule has 3 aromatic rings. The molecule has 0 atom stereocenters. The number of anilines is 1. The van der Waals surface area contributed by atoms with Gasteiger partial charge in [-0.05, 0) is 59.7 Å². The molecule has 0 radical (unpaired) electrons. The van der Waals surface area contributed by atoms with Gasteiger partial charge in [-0.15, -0.1) is 0 Å². The van der Waals surface area contributed by atoms with Crippen LogP contribution in [0.2, 0.25) is 5.02 Å². The number of nitrogens with one attached hydrogen (secondary N) is 2. The Bertz CT molecular complexity index is 934. The Kier molecular flexibility index (Phi) is 6.51. The SMILES string of the molecule is CCn1cc(CNC(=S)Nc2nn(Cc3ccc(Cl)cc3)cc2Br)c(C)n1. The van der Waals surface area contributed by atoms with Crippen molar-refractivity contribution in [2.24, 2.45) is 0 Å². The standard InChI is InChI=1S/C18H20BrClN6S/c1-3-25-10-14(12(2)23-25)8-21-18(27)22-17-16(19)11-26(24-17)9-13-4-6-15(20)7-5-13/h4-7,10-11H,3,8-9H2,1-2H3,(H2,21,22,24,27). The maximum atomic E-state index is 5.93. The summed E-state index contributed by atoms with van der Waals surface area (Å²) in [4.78, 5) is 0. The van der Waals surface area contributed by atoms with Gasteiger partial charge in [-0.25, -0.2) is 0 Å². The second-order valence-corrected chi connectivity index (χ2v) is 7.75. The van der Waals surface area contributed by atoms with Crippen molar-refractivity contribution >= 4 is 50.7 Å². The Hall–Kier alpha value is -1.90. The van der Waals surface area contributed by atoms with Crippen LogP contribution < -0.4 is 10.6 Å². The average molecular weight is 468 g/mol. The minimum Gasteiger partial charge on any atom is -0.358 e. The molecule has 0 aliphatic rings. The van der Waals surface area contributed by atoms with Gasteiger partial charge in [-0.2, -0.15) is 10.2 Å². The molecule has 0 spiro atoms. The first-order valence-electron chi connectivity index (χ1n) is 8.49. The Morgan fingerprint density at radius 3 is 2.59 bits per heavy atom. The van der Waals surface area contributed by atoms with E-state index < -0.39 is 0 Å². The second-order valence-electron chi connectivity index (χ2n) is 6.05. The quantitative estimate of drug-likeness (QED) is 0.528. The van der Waals surface area contributed by atoms with Gasteiger partial charge < -0.3 is 10.6 Å². The van der Waals surface area contributed by atoms with Crippen molar-refractivity contribution in [1.29, 1.82) is 0 Å². The highest BCUT2D eigenvalue weighted by Crippen LogP contribution is 2.21. The Balaban J connectivity index is 1.58. The van der Waals surface area contributed by atoms with E-state index in [0.29, 0.717) is 24.0 Å². The third kappa shape index (κ3) is 5.31. The van der Waals surface area contributed by atoms with Gasteiger partial charge in [0.2, 0.25) is 0 Å². The van der Waals surface area contributed by atoms with Crippen molar-refractivity contribution in [2.45, 2.75) is 33.5 Å². The summed E-state index contributed by atoms with van der Waals surface area (Å²) < 4.78 is 4.60. The van der Waals surface area contributed by atoms with Crippen LogP contribution in [0.4, 0.5) is 5.82 Å². The fourth-order valence-electron chi connectivity index (χ4n) is 2.56. The number of thiocarbonyl (C=S) groups is 1. The molecular formula is C18H20BrClN6S. The molecule has 0 amide bonds. The van der Waals surface area contributed by atoms with Gasteiger partial charge in [0, 0.05) is 36.1 Å². The molecular weight excluding hydrogens is 448 g/mol. The molecule has 1 aromatic carbocycles. The first-order chi connectivity index (χ1) is 12.9. The summed E-state index contributed by atoms with van der Waals surface area (Å²) in [6, 6.07) is 7.71. The number of aromatic nitrogens is 4. The van der Waals surface area contributed by atoms with E-state index in [-0.39, 0.29) is 0 Å². The highest BCUT2D eigenvalue weighted by Gasteiger charge is 2.10. The average Bonchev–Trinajstić information content (AvgIpc) is 3.17. The summed E-state index contributed by atoms with van der Waals surface area (Å²) in [5.41, 5.74) is 3.24. The van der Waals surface area contributed by atoms with Gasteiger partial charge in [0.05, 0.1) is 16.7 Å². The minimum absolute atomic E-state index is 0.510. The molecule has 0 aliphatic carbocycles. The van der Waals surface area contributed by atoms with Gasteiger partial charge >= 0.3 is 0 Å². The van der Waals surface area contributed by atoms with Crippen molar-refractivity contribution in [3.05, 3.63) is 63.0 Å². The zero-order valence-electron chi connectivity index (χ0n) is 15.0. The third-order valence-corrected chi connectivity index (χ3v) is 5.10. The number of hydrogen-bond donors (Lipinski definition) is 2. The fourth-order valence-corrected chi connectivity index (χ4v) is 3.27. The van der Waals surface area contributed by atoms with Crippen molar-refractivity contribution < 1.29 is 0 Å². The van der Waals surface area contributed by atoms with Crippen LogP contribution in [-0.4, -0.2) is 24.7 Å². The first-order valence-corrected chi connectivity index (χ1v) is 10.1. The van der Waals surface area contributed by atoms with E-state index in [1.165, 1.54) is 0 Å². The Morgan fingerprint density at radius 1 is 1.19 bits per heavy atom. The summed E-state index contributed by atoms with van der Waals surface area (Å²) >= 11 is 14.8. The van der Waals surface area contributed by atoms with Crippen LogP contribution in [0.5, 0.6) is 0 Å². The number of benzene rings is 1. The molecule has 0 aliphatic heterocycles. The lowest BCUT2D eigenvalue weighted by Gasteiger charge is -2.08. The molecule has 2 aromatic heterocycles. The second kappa shape index (κ2) is 8.86. The normalized spacial score (nSPS) is 10.8. The van der Waals surface area contributed by atoms with Crippen LogP contribution in [0.1, 0.15) is 23.7 Å². The van der Waals surface area contributed by atoms with Crippen molar-refractivity contribution in [2.75, 3.05) is 5.32 Å². The van der Waals surface area contributed by atoms with Gasteiger partial charge in [0.25, 0.3) is 0 Å². The Labute approximate surface area is 177 Å². The monoisotopic (exact) mass is 466 g/mol. The summed E-state index contributed by atoms with van der Waals surface area (Å²) in [5, 5.41) is 16.5. The fraction of sp³-hybridized carbons (Fsp3) is 0.278. The van der Waals surface area contributed by atoms with E-state index in [9.17, 15) is 0 Å². The third-order valence-electron chi connectivity index (χ3n) is 4.02. The van der Waals surface area contributed by atoms with Crippen LogP contribution in [0.15, 0.2) is 41.1 Å². The van der Waals surface area contributed by atoms with Crippen molar-refractivity contribution in [1.82, 2.24) is 24.9 Å². The van der Waals surface area contributed by atoms with Gasteiger partial charge in [0.15, 0.2) is 10.9 Å². The summed E-state index contributed by atoms with van der Waals surface area (Å²) in [5.74, 6) is 0.669. The molecule has 142 valence electrons. The van der Waals surface area contributed by atoms with E-state index >= 15 is 0 Å². The number of aryl methyl sites for hydroxylation is 2. The lowest BCUT2D eigenvalue weighted by Crippen LogP contribution is -2.28. The maximum absolute atomic E-state index is 5.93. The molecule has 3 rings (SSSR count). The van der Waals surface area contributed by atoms with Crippen molar-refractivity contribution in [3.8, 4) is 0 Å². The predicted molar refractivity (Wildman–Crippen MR) is 116 cm³/mol. The summed E-state index contributed by atoms with van der Waals surface area (Å²) in [6.07, 6.45) is 3.94. The van der Waals surface area contributed by atoms with E-state index in [4.69, 9.17) is 23.8 Å². The van der Waals surface area contributed by atoms with Gasteiger partial charge in [-0.3, -0.25) is 9.36 Å². The molecule has 0 fully saturated rings. The number of halogens is 2. The number of hydrogen-bond acceptors (Lipinski definition) is 3. The minimum atomic E-state index is 0.510. The number of rotatable bonds is 6. The Morgan fingerprint density at radius 2 is 1.93 bits per heavy atom. The molecule has 27 heavy (non-hydrogen) atoms. The van der Waals surface area contributed by atoms with E-state index in [1.807, 2.05) is 52.9 Å². The van der Waals surface area contributed by atoms with E-state index in [1.54, 1.807) is 0 Å². The highest BCUT2D eigenvalue weighted by molar-refractivity contribution is 9.10. The molecule has 6 nitrogen and oxygen atoms in total. The summed E-state index contributed by atoms with van der Waals surface area (Å²) in [6.45, 7) is 6.16. The topological polar surface area (TPSA) is 59.7 Å². The largest absolute Gasteiger partial charge is 0.358 e. The molecule has 9 heteroatoms. The number of nitrogens with zero attached hydrogens (tertiary/aromatic N) is 4.